The number of rotatable bonds is 5. The Morgan fingerprint density at radius 1 is 1.20 bits per heavy atom. The van der Waals surface area contributed by atoms with Gasteiger partial charge in [-0.1, -0.05) is 0 Å². The predicted octanol–water partition coefficient (Wildman–Crippen LogP) is 3.07. The molecular formula is C19H25FN4O. The lowest BCUT2D eigenvalue weighted by atomic mass is 9.90. The number of benzene rings is 1. The molecule has 0 radical (unpaired) electrons. The second-order valence-corrected chi connectivity index (χ2v) is 7.07. The summed E-state index contributed by atoms with van der Waals surface area (Å²) in [6.07, 6.45) is 4.90. The van der Waals surface area contributed by atoms with Gasteiger partial charge in [0.25, 0.3) is 0 Å². The standard InChI is InChI=1S/C19H25FN4O/c1-25-12-11-24-19(15-8-10-23-9-2-3-17(23)13-15)21-18(22-24)14-4-6-16(20)7-5-14/h4-7,15,17H,2-3,8-13H2,1H3. The van der Waals surface area contributed by atoms with Gasteiger partial charge in [-0.2, -0.15) is 5.10 Å². The molecule has 25 heavy (non-hydrogen) atoms. The summed E-state index contributed by atoms with van der Waals surface area (Å²) in [5.41, 5.74) is 0.858. The van der Waals surface area contributed by atoms with Gasteiger partial charge in [0.05, 0.1) is 13.2 Å². The molecule has 2 fully saturated rings. The molecule has 3 heterocycles. The first-order chi connectivity index (χ1) is 12.2. The number of piperidine rings is 1. The van der Waals surface area contributed by atoms with Gasteiger partial charge in [0.2, 0.25) is 0 Å². The molecule has 0 aliphatic carbocycles. The highest BCUT2D eigenvalue weighted by Gasteiger charge is 2.34. The van der Waals surface area contributed by atoms with E-state index in [1.807, 2.05) is 4.68 Å². The first-order valence-corrected chi connectivity index (χ1v) is 9.18. The first-order valence-electron chi connectivity index (χ1n) is 9.18. The fourth-order valence-corrected chi connectivity index (χ4v) is 4.18. The minimum atomic E-state index is -0.239. The molecule has 134 valence electrons. The van der Waals surface area contributed by atoms with Crippen molar-refractivity contribution in [1.29, 1.82) is 0 Å². The van der Waals surface area contributed by atoms with Crippen LogP contribution >= 0.6 is 0 Å². The molecule has 0 amide bonds. The fourth-order valence-electron chi connectivity index (χ4n) is 4.18. The molecular weight excluding hydrogens is 319 g/mol. The average molecular weight is 344 g/mol. The van der Waals surface area contributed by atoms with E-state index in [1.54, 1.807) is 19.2 Å². The third kappa shape index (κ3) is 3.46. The van der Waals surface area contributed by atoms with E-state index in [4.69, 9.17) is 14.8 Å². The Bertz CT molecular complexity index is 715. The number of nitrogens with zero attached hydrogens (tertiary/aromatic N) is 4. The van der Waals surface area contributed by atoms with Crippen molar-refractivity contribution in [2.75, 3.05) is 26.8 Å². The summed E-state index contributed by atoms with van der Waals surface area (Å²) in [5.74, 6) is 1.94. The van der Waals surface area contributed by atoms with E-state index in [1.165, 1.54) is 31.5 Å². The third-order valence-corrected chi connectivity index (χ3v) is 5.50. The maximum absolute atomic E-state index is 13.2. The summed E-state index contributed by atoms with van der Waals surface area (Å²) in [7, 11) is 1.70. The van der Waals surface area contributed by atoms with Crippen LogP contribution in [0.25, 0.3) is 11.4 Å². The summed E-state index contributed by atoms with van der Waals surface area (Å²) in [5, 5.41) is 4.70. The maximum Gasteiger partial charge on any atom is 0.181 e. The lowest BCUT2D eigenvalue weighted by Crippen LogP contribution is -2.37. The topological polar surface area (TPSA) is 43.2 Å². The van der Waals surface area contributed by atoms with Crippen molar-refractivity contribution < 1.29 is 9.13 Å². The third-order valence-electron chi connectivity index (χ3n) is 5.50. The Labute approximate surface area is 147 Å². The van der Waals surface area contributed by atoms with Gasteiger partial charge in [-0.15, -0.1) is 0 Å². The zero-order chi connectivity index (χ0) is 17.2. The molecule has 5 nitrogen and oxygen atoms in total. The normalized spacial score (nSPS) is 23.8. The van der Waals surface area contributed by atoms with Gasteiger partial charge in [0.1, 0.15) is 11.6 Å². The zero-order valence-electron chi connectivity index (χ0n) is 14.7. The average Bonchev–Trinajstić information content (AvgIpc) is 3.26. The van der Waals surface area contributed by atoms with Gasteiger partial charge in [0.15, 0.2) is 5.82 Å². The van der Waals surface area contributed by atoms with Gasteiger partial charge in [0, 0.05) is 24.6 Å². The van der Waals surface area contributed by atoms with Crippen LogP contribution in [0.2, 0.25) is 0 Å². The molecule has 2 aliphatic rings. The zero-order valence-corrected chi connectivity index (χ0v) is 14.7. The van der Waals surface area contributed by atoms with E-state index in [9.17, 15) is 4.39 Å². The molecule has 6 heteroatoms. The van der Waals surface area contributed by atoms with Crippen LogP contribution in [0.1, 0.15) is 37.4 Å². The number of aromatic nitrogens is 3. The minimum absolute atomic E-state index is 0.239. The van der Waals surface area contributed by atoms with Crippen molar-refractivity contribution >= 4 is 0 Å². The maximum atomic E-state index is 13.2. The van der Waals surface area contributed by atoms with Gasteiger partial charge in [-0.3, -0.25) is 0 Å². The van der Waals surface area contributed by atoms with Crippen molar-refractivity contribution in [1.82, 2.24) is 19.7 Å². The van der Waals surface area contributed by atoms with Crippen LogP contribution in [0, 0.1) is 5.82 Å². The van der Waals surface area contributed by atoms with Crippen LogP contribution < -0.4 is 0 Å². The molecule has 0 spiro atoms. The van der Waals surface area contributed by atoms with Crippen molar-refractivity contribution in [3.05, 3.63) is 35.9 Å². The largest absolute Gasteiger partial charge is 0.383 e. The van der Waals surface area contributed by atoms with Gasteiger partial charge < -0.3 is 9.64 Å². The van der Waals surface area contributed by atoms with Crippen LogP contribution in [0.5, 0.6) is 0 Å². The molecule has 0 saturated carbocycles. The molecule has 2 aliphatic heterocycles. The smallest absolute Gasteiger partial charge is 0.181 e. The number of hydrogen-bond acceptors (Lipinski definition) is 4. The van der Waals surface area contributed by atoms with Crippen molar-refractivity contribution in [2.45, 2.75) is 44.2 Å². The van der Waals surface area contributed by atoms with Crippen molar-refractivity contribution in [2.24, 2.45) is 0 Å². The highest BCUT2D eigenvalue weighted by molar-refractivity contribution is 5.54. The van der Waals surface area contributed by atoms with Crippen LogP contribution in [0.4, 0.5) is 4.39 Å². The fraction of sp³-hybridized carbons (Fsp3) is 0.579. The van der Waals surface area contributed by atoms with Crippen LogP contribution in [0.15, 0.2) is 24.3 Å². The number of halogens is 1. The molecule has 2 aromatic rings. The quantitative estimate of drug-likeness (QED) is 0.836. The number of fused-ring (bicyclic) bond motifs is 1. The molecule has 2 saturated heterocycles. The summed E-state index contributed by atoms with van der Waals surface area (Å²) >= 11 is 0. The summed E-state index contributed by atoms with van der Waals surface area (Å²) < 4.78 is 20.4. The monoisotopic (exact) mass is 344 g/mol. The predicted molar refractivity (Wildman–Crippen MR) is 93.9 cm³/mol. The van der Waals surface area contributed by atoms with Gasteiger partial charge in [-0.25, -0.2) is 14.1 Å². The van der Waals surface area contributed by atoms with E-state index in [0.29, 0.717) is 30.9 Å². The SMILES string of the molecule is COCCn1nc(-c2ccc(F)cc2)nc1C1CCN2CCCC2C1. The molecule has 2 atom stereocenters. The second-order valence-electron chi connectivity index (χ2n) is 7.07. The Balaban J connectivity index is 1.61. The minimum Gasteiger partial charge on any atom is -0.383 e. The Hall–Kier alpha value is -1.79. The summed E-state index contributed by atoms with van der Waals surface area (Å²) in [4.78, 5) is 7.47. The van der Waals surface area contributed by atoms with E-state index < -0.39 is 0 Å². The Morgan fingerprint density at radius 2 is 2.04 bits per heavy atom. The summed E-state index contributed by atoms with van der Waals surface area (Å²) in [6.45, 7) is 3.71. The highest BCUT2D eigenvalue weighted by Crippen LogP contribution is 2.36. The van der Waals surface area contributed by atoms with E-state index in [0.717, 1.165) is 30.8 Å². The summed E-state index contributed by atoms with van der Waals surface area (Å²) in [6, 6.07) is 7.10. The number of methoxy groups -OCH3 is 1. The number of ether oxygens (including phenoxy) is 1. The Morgan fingerprint density at radius 3 is 2.84 bits per heavy atom. The van der Waals surface area contributed by atoms with Crippen molar-refractivity contribution in [3.63, 3.8) is 0 Å². The lowest BCUT2D eigenvalue weighted by molar-refractivity contribution is 0.166. The van der Waals surface area contributed by atoms with E-state index in [-0.39, 0.29) is 5.82 Å². The second kappa shape index (κ2) is 7.22. The van der Waals surface area contributed by atoms with E-state index >= 15 is 0 Å². The lowest BCUT2D eigenvalue weighted by Gasteiger charge is -2.34. The Kier molecular flexibility index (Phi) is 4.81. The van der Waals surface area contributed by atoms with Gasteiger partial charge in [-0.05, 0) is 63.0 Å². The molecule has 0 N–H and O–H groups in total. The van der Waals surface area contributed by atoms with E-state index in [2.05, 4.69) is 4.90 Å². The molecule has 0 bridgehead atoms. The highest BCUT2D eigenvalue weighted by atomic mass is 19.1. The first kappa shape index (κ1) is 16.7. The van der Waals surface area contributed by atoms with Crippen LogP contribution in [0.3, 0.4) is 0 Å². The molecule has 1 aromatic carbocycles. The molecule has 4 rings (SSSR count). The molecule has 2 unspecified atom stereocenters. The number of hydrogen-bond donors (Lipinski definition) is 0. The van der Waals surface area contributed by atoms with Gasteiger partial charge >= 0.3 is 0 Å². The van der Waals surface area contributed by atoms with Crippen LogP contribution in [-0.2, 0) is 11.3 Å². The van der Waals surface area contributed by atoms with Crippen molar-refractivity contribution in [3.8, 4) is 11.4 Å². The van der Waals surface area contributed by atoms with Crippen LogP contribution in [-0.4, -0.2) is 52.5 Å². The molecule has 1 aromatic heterocycles.